The first-order valence-corrected chi connectivity index (χ1v) is 9.18. The number of anilines is 1. The van der Waals surface area contributed by atoms with E-state index < -0.39 is 5.97 Å². The minimum atomic E-state index is -0.436. The van der Waals surface area contributed by atoms with Crippen molar-refractivity contribution < 1.29 is 18.7 Å². The first-order valence-electron chi connectivity index (χ1n) is 9.18. The van der Waals surface area contributed by atoms with Crippen molar-refractivity contribution in [3.8, 4) is 11.3 Å². The summed E-state index contributed by atoms with van der Waals surface area (Å²) in [5.41, 5.74) is 3.72. The molecule has 0 spiro atoms. The number of hydrogen-bond acceptors (Lipinski definition) is 4. The van der Waals surface area contributed by atoms with Crippen molar-refractivity contribution in [1.29, 1.82) is 0 Å². The second kappa shape index (κ2) is 9.04. The number of carbonyl (C=O) groups excluding carboxylic acids is 2. The summed E-state index contributed by atoms with van der Waals surface area (Å²) in [6.07, 6.45) is 0.572. The van der Waals surface area contributed by atoms with Gasteiger partial charge in [-0.2, -0.15) is 0 Å². The molecule has 3 aromatic rings. The van der Waals surface area contributed by atoms with Crippen LogP contribution in [0, 0.1) is 13.8 Å². The third-order valence-electron chi connectivity index (χ3n) is 4.33. The van der Waals surface area contributed by atoms with Gasteiger partial charge in [-0.05, 0) is 43.2 Å². The lowest BCUT2D eigenvalue weighted by Gasteiger charge is -2.09. The maximum Gasteiger partial charge on any atom is 0.306 e. The monoisotopic (exact) mass is 377 g/mol. The molecule has 0 aliphatic heterocycles. The van der Waals surface area contributed by atoms with Crippen LogP contribution in [0.2, 0.25) is 0 Å². The number of rotatable bonds is 7. The Morgan fingerprint density at radius 1 is 1.00 bits per heavy atom. The Labute approximate surface area is 164 Å². The molecule has 0 saturated carbocycles. The van der Waals surface area contributed by atoms with Gasteiger partial charge in [-0.25, -0.2) is 0 Å². The van der Waals surface area contributed by atoms with Crippen LogP contribution in [0.5, 0.6) is 0 Å². The van der Waals surface area contributed by atoms with Gasteiger partial charge in [-0.3, -0.25) is 9.59 Å². The number of aryl methyl sites for hydroxylation is 3. The van der Waals surface area contributed by atoms with E-state index in [1.165, 1.54) is 0 Å². The molecule has 1 aromatic heterocycles. The molecule has 1 N–H and O–H groups in total. The molecule has 28 heavy (non-hydrogen) atoms. The highest BCUT2D eigenvalue weighted by Crippen LogP contribution is 2.22. The average molecular weight is 377 g/mol. The van der Waals surface area contributed by atoms with Crippen molar-refractivity contribution in [2.75, 3.05) is 11.9 Å². The number of benzene rings is 2. The van der Waals surface area contributed by atoms with Crippen LogP contribution in [0.25, 0.3) is 11.3 Å². The third kappa shape index (κ3) is 5.33. The van der Waals surface area contributed by atoms with E-state index >= 15 is 0 Å². The largest absolute Gasteiger partial charge is 0.461 e. The summed E-state index contributed by atoms with van der Waals surface area (Å²) >= 11 is 0. The van der Waals surface area contributed by atoms with Crippen molar-refractivity contribution in [3.63, 3.8) is 0 Å². The van der Waals surface area contributed by atoms with Gasteiger partial charge in [0.2, 0.25) is 0 Å². The van der Waals surface area contributed by atoms with Gasteiger partial charge in [0.1, 0.15) is 11.5 Å². The quantitative estimate of drug-likeness (QED) is 0.607. The minimum Gasteiger partial charge on any atom is -0.461 e. The molecule has 0 radical (unpaired) electrons. The molecule has 0 atom stereocenters. The van der Waals surface area contributed by atoms with Gasteiger partial charge in [0.05, 0.1) is 6.42 Å². The van der Waals surface area contributed by atoms with Gasteiger partial charge in [0.25, 0.3) is 5.91 Å². The molecule has 3 rings (SSSR count). The molecule has 0 unspecified atom stereocenters. The standard InChI is InChI=1S/C23H23NO4/c1-16-8-9-17(2)20(14-16)24-22(25)15-27-23(26)13-11-19-10-12-21(28-19)18-6-4-3-5-7-18/h3-10,12,14H,11,13,15H2,1-2H3,(H,24,25). The molecule has 0 aliphatic rings. The van der Waals surface area contributed by atoms with Gasteiger partial charge in [0.15, 0.2) is 6.61 Å². The Morgan fingerprint density at radius 2 is 1.79 bits per heavy atom. The van der Waals surface area contributed by atoms with E-state index in [1.54, 1.807) is 0 Å². The molecule has 1 heterocycles. The number of carbonyl (C=O) groups is 2. The Morgan fingerprint density at radius 3 is 2.57 bits per heavy atom. The first kappa shape index (κ1) is 19.4. The van der Waals surface area contributed by atoms with Gasteiger partial charge in [-0.15, -0.1) is 0 Å². The summed E-state index contributed by atoms with van der Waals surface area (Å²) in [5, 5.41) is 2.77. The van der Waals surface area contributed by atoms with Crippen molar-refractivity contribution >= 4 is 17.6 Å². The Hall–Kier alpha value is -3.34. The zero-order valence-electron chi connectivity index (χ0n) is 16.0. The van der Waals surface area contributed by atoms with E-state index in [0.717, 1.165) is 28.1 Å². The summed E-state index contributed by atoms with van der Waals surface area (Å²) in [6.45, 7) is 3.56. The lowest BCUT2D eigenvalue weighted by molar-refractivity contribution is -0.147. The molecule has 5 nitrogen and oxygen atoms in total. The van der Waals surface area contributed by atoms with Crippen molar-refractivity contribution in [2.24, 2.45) is 0 Å². The maximum absolute atomic E-state index is 12.0. The highest BCUT2D eigenvalue weighted by atomic mass is 16.5. The fourth-order valence-electron chi connectivity index (χ4n) is 2.77. The van der Waals surface area contributed by atoms with Crippen LogP contribution < -0.4 is 5.32 Å². The summed E-state index contributed by atoms with van der Waals surface area (Å²) in [4.78, 5) is 23.9. The average Bonchev–Trinajstić information content (AvgIpc) is 3.17. The summed E-state index contributed by atoms with van der Waals surface area (Å²) in [7, 11) is 0. The van der Waals surface area contributed by atoms with Gasteiger partial charge >= 0.3 is 5.97 Å². The number of nitrogens with one attached hydrogen (secondary N) is 1. The lowest BCUT2D eigenvalue weighted by atomic mass is 10.1. The lowest BCUT2D eigenvalue weighted by Crippen LogP contribution is -2.21. The summed E-state index contributed by atoms with van der Waals surface area (Å²) < 4.78 is 10.8. The Bertz CT molecular complexity index is 960. The van der Waals surface area contributed by atoms with Crippen LogP contribution >= 0.6 is 0 Å². The zero-order valence-corrected chi connectivity index (χ0v) is 16.0. The fraction of sp³-hybridized carbons (Fsp3) is 0.217. The number of esters is 1. The number of furan rings is 1. The second-order valence-electron chi connectivity index (χ2n) is 6.66. The number of hydrogen-bond donors (Lipinski definition) is 1. The highest BCUT2D eigenvalue weighted by molar-refractivity contribution is 5.93. The SMILES string of the molecule is Cc1ccc(C)c(NC(=O)COC(=O)CCc2ccc(-c3ccccc3)o2)c1. The highest BCUT2D eigenvalue weighted by Gasteiger charge is 2.11. The Kier molecular flexibility index (Phi) is 6.27. The van der Waals surface area contributed by atoms with Crippen molar-refractivity contribution in [1.82, 2.24) is 0 Å². The number of amides is 1. The van der Waals surface area contributed by atoms with Crippen LogP contribution in [0.4, 0.5) is 5.69 Å². The summed E-state index contributed by atoms with van der Waals surface area (Å²) in [5.74, 6) is 0.674. The maximum atomic E-state index is 12.0. The summed E-state index contributed by atoms with van der Waals surface area (Å²) in [6, 6.07) is 19.3. The predicted octanol–water partition coefficient (Wildman–Crippen LogP) is 4.68. The van der Waals surface area contributed by atoms with E-state index in [1.807, 2.05) is 74.5 Å². The van der Waals surface area contributed by atoms with Crippen LogP contribution in [-0.4, -0.2) is 18.5 Å². The Balaban J connectivity index is 1.44. The van der Waals surface area contributed by atoms with E-state index in [-0.39, 0.29) is 18.9 Å². The van der Waals surface area contributed by atoms with E-state index in [0.29, 0.717) is 12.2 Å². The van der Waals surface area contributed by atoms with E-state index in [2.05, 4.69) is 5.32 Å². The molecule has 1 amide bonds. The van der Waals surface area contributed by atoms with Crippen LogP contribution in [0.3, 0.4) is 0 Å². The molecule has 0 aliphatic carbocycles. The molecule has 0 bridgehead atoms. The molecular formula is C23H23NO4. The zero-order chi connectivity index (χ0) is 19.9. The molecule has 144 valence electrons. The van der Waals surface area contributed by atoms with Crippen molar-refractivity contribution in [2.45, 2.75) is 26.7 Å². The van der Waals surface area contributed by atoms with Gasteiger partial charge < -0.3 is 14.5 Å². The van der Waals surface area contributed by atoms with Crippen molar-refractivity contribution in [3.05, 3.63) is 77.6 Å². The first-order chi connectivity index (χ1) is 13.5. The van der Waals surface area contributed by atoms with E-state index in [4.69, 9.17) is 9.15 Å². The topological polar surface area (TPSA) is 68.5 Å². The molecular weight excluding hydrogens is 354 g/mol. The third-order valence-corrected chi connectivity index (χ3v) is 4.33. The molecule has 0 saturated heterocycles. The molecule has 0 fully saturated rings. The van der Waals surface area contributed by atoms with Crippen LogP contribution in [-0.2, 0) is 20.7 Å². The normalized spacial score (nSPS) is 10.5. The van der Waals surface area contributed by atoms with Crippen LogP contribution in [0.15, 0.2) is 65.1 Å². The van der Waals surface area contributed by atoms with Crippen LogP contribution in [0.1, 0.15) is 23.3 Å². The van der Waals surface area contributed by atoms with Gasteiger partial charge in [0, 0.05) is 17.7 Å². The smallest absolute Gasteiger partial charge is 0.306 e. The molecule has 5 heteroatoms. The fourth-order valence-corrected chi connectivity index (χ4v) is 2.77. The number of ether oxygens (including phenoxy) is 1. The second-order valence-corrected chi connectivity index (χ2v) is 6.66. The van der Waals surface area contributed by atoms with Gasteiger partial charge in [-0.1, -0.05) is 42.5 Å². The molecule has 2 aromatic carbocycles. The minimum absolute atomic E-state index is 0.151. The predicted molar refractivity (Wildman–Crippen MR) is 108 cm³/mol. The van der Waals surface area contributed by atoms with E-state index in [9.17, 15) is 9.59 Å².